The van der Waals surface area contributed by atoms with Gasteiger partial charge >= 0.3 is 5.97 Å². The number of aliphatic carboxylic acids is 1. The van der Waals surface area contributed by atoms with Gasteiger partial charge in [-0.2, -0.15) is 0 Å². The molecule has 0 aromatic rings. The van der Waals surface area contributed by atoms with Crippen LogP contribution in [0.15, 0.2) is 24.3 Å². The minimum absolute atomic E-state index is 0.370. The molecule has 0 aromatic carbocycles. The van der Waals surface area contributed by atoms with Crippen LogP contribution in [-0.4, -0.2) is 63.4 Å². The largest absolute Gasteiger partial charge is 0.478 e. The van der Waals surface area contributed by atoms with E-state index >= 15 is 0 Å². The summed E-state index contributed by atoms with van der Waals surface area (Å²) in [7, 11) is 0. The molecule has 1 aliphatic heterocycles. The van der Waals surface area contributed by atoms with Gasteiger partial charge in [-0.3, -0.25) is 0 Å². The van der Waals surface area contributed by atoms with Crippen LogP contribution in [0.5, 0.6) is 0 Å². The molecule has 21 heavy (non-hydrogen) atoms. The van der Waals surface area contributed by atoms with Crippen LogP contribution >= 0.6 is 0 Å². The third kappa shape index (κ3) is 15.0. The van der Waals surface area contributed by atoms with E-state index in [2.05, 4.69) is 27.8 Å². The van der Waals surface area contributed by atoms with Crippen LogP contribution in [0.2, 0.25) is 0 Å². The van der Waals surface area contributed by atoms with Crippen LogP contribution in [-0.2, 0) is 4.79 Å². The Morgan fingerprint density at radius 1 is 0.952 bits per heavy atom. The molecule has 0 aliphatic carbocycles. The van der Waals surface area contributed by atoms with Crippen LogP contribution in [0, 0.1) is 0 Å². The predicted molar refractivity (Wildman–Crippen MR) is 87.7 cm³/mol. The normalized spacial score (nSPS) is 18.4. The van der Waals surface area contributed by atoms with Gasteiger partial charge in [0, 0.05) is 57.9 Å². The molecule has 0 radical (unpaired) electrons. The first kappa shape index (κ1) is 19.8. The molecular formula is C15H30N4O2. The Balaban J connectivity index is 0.000000400. The van der Waals surface area contributed by atoms with Crippen LogP contribution < -0.4 is 21.3 Å². The van der Waals surface area contributed by atoms with Gasteiger partial charge < -0.3 is 26.4 Å². The van der Waals surface area contributed by atoms with Crippen molar-refractivity contribution in [2.45, 2.75) is 13.3 Å². The summed E-state index contributed by atoms with van der Waals surface area (Å²) in [6.07, 6.45) is 3.90. The second kappa shape index (κ2) is 15.2. The van der Waals surface area contributed by atoms with E-state index in [-0.39, 0.29) is 0 Å². The molecule has 1 rings (SSSR count). The standard InChI is InChI=1S/C8H20N4.C7H10O2/c1-2-10-5-6-12-8-7-11-4-3-9-1;1-3-4-5-6(2)7(8)9/h9-12H,1-8H2;3,5H,1,4H2,2H3,(H,8,9). The Morgan fingerprint density at radius 3 is 1.52 bits per heavy atom. The van der Waals surface area contributed by atoms with Gasteiger partial charge in [-0.1, -0.05) is 12.2 Å². The van der Waals surface area contributed by atoms with Gasteiger partial charge in [-0.25, -0.2) is 4.79 Å². The fourth-order valence-electron chi connectivity index (χ4n) is 1.55. The molecule has 0 aromatic heterocycles. The summed E-state index contributed by atoms with van der Waals surface area (Å²) in [5.74, 6) is -0.864. The predicted octanol–water partition coefficient (Wildman–Crippen LogP) is -0.0482. The van der Waals surface area contributed by atoms with Crippen LogP contribution in [0.3, 0.4) is 0 Å². The summed E-state index contributed by atoms with van der Waals surface area (Å²) in [6.45, 7) is 13.6. The number of nitrogens with one attached hydrogen (secondary N) is 4. The van der Waals surface area contributed by atoms with Crippen molar-refractivity contribution in [2.75, 3.05) is 52.4 Å². The van der Waals surface area contributed by atoms with Crippen molar-refractivity contribution in [3.05, 3.63) is 24.3 Å². The smallest absolute Gasteiger partial charge is 0.330 e. The van der Waals surface area contributed by atoms with Crippen molar-refractivity contribution >= 4 is 5.97 Å². The molecule has 6 heteroatoms. The Labute approximate surface area is 128 Å². The molecule has 1 fully saturated rings. The van der Waals surface area contributed by atoms with E-state index in [9.17, 15) is 4.79 Å². The highest BCUT2D eigenvalue weighted by molar-refractivity contribution is 5.85. The van der Waals surface area contributed by atoms with E-state index in [4.69, 9.17) is 5.11 Å². The topological polar surface area (TPSA) is 85.4 Å². The van der Waals surface area contributed by atoms with Gasteiger partial charge in [0.05, 0.1) is 0 Å². The van der Waals surface area contributed by atoms with E-state index in [0.29, 0.717) is 12.0 Å². The number of carboxylic acids is 1. The highest BCUT2D eigenvalue weighted by Crippen LogP contribution is 1.94. The molecule has 0 unspecified atom stereocenters. The summed E-state index contributed by atoms with van der Waals surface area (Å²) in [4.78, 5) is 10.1. The lowest BCUT2D eigenvalue weighted by Gasteiger charge is -2.11. The SMILES string of the molecule is C1CNCCNCCNCCN1.C=CCC=C(C)C(=O)O. The molecule has 5 N–H and O–H groups in total. The highest BCUT2D eigenvalue weighted by Gasteiger charge is 1.95. The Hall–Kier alpha value is -1.21. The third-order valence-electron chi connectivity index (χ3n) is 2.84. The number of carbonyl (C=O) groups is 1. The van der Waals surface area contributed by atoms with E-state index in [0.717, 1.165) is 52.4 Å². The van der Waals surface area contributed by atoms with Gasteiger partial charge in [0.2, 0.25) is 0 Å². The molecule has 1 saturated heterocycles. The molecule has 0 bridgehead atoms. The Kier molecular flexibility index (Phi) is 14.3. The lowest BCUT2D eigenvalue weighted by molar-refractivity contribution is -0.132. The maximum absolute atomic E-state index is 10.1. The third-order valence-corrected chi connectivity index (χ3v) is 2.84. The van der Waals surface area contributed by atoms with Crippen molar-refractivity contribution in [1.82, 2.24) is 21.3 Å². The monoisotopic (exact) mass is 298 g/mol. The number of allylic oxidation sites excluding steroid dienone is 2. The number of carboxylic acid groups (broad SMARTS) is 1. The zero-order valence-electron chi connectivity index (χ0n) is 13.1. The van der Waals surface area contributed by atoms with Gasteiger partial charge in [0.1, 0.15) is 0 Å². The van der Waals surface area contributed by atoms with Gasteiger partial charge in [-0.05, 0) is 13.3 Å². The first-order chi connectivity index (χ1) is 10.2. The number of hydrogen-bond acceptors (Lipinski definition) is 5. The van der Waals surface area contributed by atoms with E-state index < -0.39 is 5.97 Å². The minimum atomic E-state index is -0.864. The first-order valence-electron chi connectivity index (χ1n) is 7.52. The molecule has 1 heterocycles. The van der Waals surface area contributed by atoms with Gasteiger partial charge in [-0.15, -0.1) is 6.58 Å². The lowest BCUT2D eigenvalue weighted by Crippen LogP contribution is -2.39. The molecule has 6 nitrogen and oxygen atoms in total. The number of hydrogen-bond donors (Lipinski definition) is 5. The second-order valence-electron chi connectivity index (χ2n) is 4.72. The molecule has 0 spiro atoms. The van der Waals surface area contributed by atoms with Gasteiger partial charge in [0.25, 0.3) is 0 Å². The lowest BCUT2D eigenvalue weighted by atomic mass is 10.2. The molecular weight excluding hydrogens is 268 g/mol. The summed E-state index contributed by atoms with van der Waals surface area (Å²) >= 11 is 0. The number of rotatable bonds is 3. The second-order valence-corrected chi connectivity index (χ2v) is 4.72. The quantitative estimate of drug-likeness (QED) is 0.371. The van der Waals surface area contributed by atoms with Crippen LogP contribution in [0.25, 0.3) is 0 Å². The molecule has 0 saturated carbocycles. The summed E-state index contributed by atoms with van der Waals surface area (Å²) in [5.41, 5.74) is 0.370. The minimum Gasteiger partial charge on any atom is -0.478 e. The average Bonchev–Trinajstić information content (AvgIpc) is 2.46. The zero-order chi connectivity index (χ0) is 15.8. The van der Waals surface area contributed by atoms with Crippen molar-refractivity contribution in [3.63, 3.8) is 0 Å². The van der Waals surface area contributed by atoms with Gasteiger partial charge in [0.15, 0.2) is 0 Å². The maximum Gasteiger partial charge on any atom is 0.330 e. The molecule has 0 amide bonds. The molecule has 0 atom stereocenters. The maximum atomic E-state index is 10.1. The summed E-state index contributed by atoms with van der Waals surface area (Å²) in [5, 5.41) is 21.7. The summed E-state index contributed by atoms with van der Waals surface area (Å²) in [6, 6.07) is 0. The van der Waals surface area contributed by atoms with Crippen LogP contribution in [0.1, 0.15) is 13.3 Å². The average molecular weight is 298 g/mol. The Morgan fingerprint density at radius 2 is 1.29 bits per heavy atom. The van der Waals surface area contributed by atoms with Crippen molar-refractivity contribution in [2.24, 2.45) is 0 Å². The molecule has 1 aliphatic rings. The van der Waals surface area contributed by atoms with Crippen molar-refractivity contribution in [1.29, 1.82) is 0 Å². The summed E-state index contributed by atoms with van der Waals surface area (Å²) < 4.78 is 0. The van der Waals surface area contributed by atoms with Crippen LogP contribution in [0.4, 0.5) is 0 Å². The van der Waals surface area contributed by atoms with Crippen molar-refractivity contribution in [3.8, 4) is 0 Å². The fraction of sp³-hybridized carbons (Fsp3) is 0.667. The Bertz CT molecular complexity index is 263. The van der Waals surface area contributed by atoms with E-state index in [1.54, 1.807) is 19.1 Å². The first-order valence-corrected chi connectivity index (χ1v) is 7.52. The van der Waals surface area contributed by atoms with Crippen molar-refractivity contribution < 1.29 is 9.90 Å². The zero-order valence-corrected chi connectivity index (χ0v) is 13.1. The highest BCUT2D eigenvalue weighted by atomic mass is 16.4. The fourth-order valence-corrected chi connectivity index (χ4v) is 1.55. The molecule has 122 valence electrons. The van der Waals surface area contributed by atoms with E-state index in [1.807, 2.05) is 0 Å². The van der Waals surface area contributed by atoms with E-state index in [1.165, 1.54) is 0 Å².